The monoisotopic (exact) mass is 223 g/mol. The van der Waals surface area contributed by atoms with E-state index in [9.17, 15) is 9.18 Å². The van der Waals surface area contributed by atoms with Gasteiger partial charge in [-0.05, 0) is 37.8 Å². The molecule has 0 heterocycles. The molecule has 0 spiro atoms. The van der Waals surface area contributed by atoms with Crippen LogP contribution in [0.15, 0.2) is 24.3 Å². The third kappa shape index (κ3) is 1.87. The van der Waals surface area contributed by atoms with Crippen molar-refractivity contribution < 1.29 is 13.9 Å². The molecule has 0 aliphatic heterocycles. The summed E-state index contributed by atoms with van der Waals surface area (Å²) in [6, 6.07) is 6.06. The first-order valence-corrected chi connectivity index (χ1v) is 5.37. The molecule has 1 aromatic rings. The lowest BCUT2D eigenvalue weighted by Gasteiger charge is -2.26. The molecule has 0 atom stereocenters. The second-order valence-corrected chi connectivity index (χ2v) is 4.10. The van der Waals surface area contributed by atoms with E-state index in [4.69, 9.17) is 10.5 Å². The molecule has 0 unspecified atom stereocenters. The molecule has 86 valence electrons. The summed E-state index contributed by atoms with van der Waals surface area (Å²) in [6.45, 7) is 0. The number of benzene rings is 1. The third-order valence-corrected chi connectivity index (χ3v) is 3.00. The summed E-state index contributed by atoms with van der Waals surface area (Å²) in [5, 5.41) is 0. The molecule has 16 heavy (non-hydrogen) atoms. The first-order valence-electron chi connectivity index (χ1n) is 5.37. The summed E-state index contributed by atoms with van der Waals surface area (Å²) in [5.41, 5.74) is 4.33. The standard InChI is InChI=1S/C12H14FNO2/c13-9-5-1-2-6-10(9)16-12(11(14)15)7-3-4-8-12/h1-2,5-6H,3-4,7-8H2,(H2,14,15). The predicted molar refractivity (Wildman–Crippen MR) is 57.4 cm³/mol. The Bertz CT molecular complexity index is 400. The van der Waals surface area contributed by atoms with Crippen LogP contribution >= 0.6 is 0 Å². The number of nitrogens with two attached hydrogens (primary N) is 1. The van der Waals surface area contributed by atoms with Gasteiger partial charge in [-0.15, -0.1) is 0 Å². The van der Waals surface area contributed by atoms with E-state index in [-0.39, 0.29) is 5.75 Å². The molecule has 1 aliphatic rings. The highest BCUT2D eigenvalue weighted by molar-refractivity contribution is 5.84. The highest BCUT2D eigenvalue weighted by Crippen LogP contribution is 2.35. The van der Waals surface area contributed by atoms with E-state index in [0.29, 0.717) is 12.8 Å². The molecule has 1 amide bonds. The van der Waals surface area contributed by atoms with Gasteiger partial charge < -0.3 is 10.5 Å². The van der Waals surface area contributed by atoms with Crippen molar-refractivity contribution in [1.29, 1.82) is 0 Å². The minimum absolute atomic E-state index is 0.100. The molecule has 2 rings (SSSR count). The van der Waals surface area contributed by atoms with Gasteiger partial charge in [0.05, 0.1) is 0 Å². The Balaban J connectivity index is 2.25. The second-order valence-electron chi connectivity index (χ2n) is 4.10. The highest BCUT2D eigenvalue weighted by atomic mass is 19.1. The van der Waals surface area contributed by atoms with Crippen molar-refractivity contribution in [3.05, 3.63) is 30.1 Å². The van der Waals surface area contributed by atoms with Crippen molar-refractivity contribution in [2.24, 2.45) is 5.73 Å². The van der Waals surface area contributed by atoms with Crippen molar-refractivity contribution >= 4 is 5.91 Å². The van der Waals surface area contributed by atoms with Gasteiger partial charge in [0, 0.05) is 0 Å². The number of halogens is 1. The molecule has 1 aromatic carbocycles. The quantitative estimate of drug-likeness (QED) is 0.852. The number of primary amides is 1. The lowest BCUT2D eigenvalue weighted by molar-refractivity contribution is -0.133. The number of carbonyl (C=O) groups is 1. The van der Waals surface area contributed by atoms with Crippen LogP contribution in [0, 0.1) is 5.82 Å². The Kier molecular flexibility index (Phi) is 2.81. The Morgan fingerprint density at radius 2 is 1.94 bits per heavy atom. The minimum Gasteiger partial charge on any atom is -0.474 e. The second kappa shape index (κ2) is 4.12. The van der Waals surface area contributed by atoms with Crippen LogP contribution in [0.3, 0.4) is 0 Å². The van der Waals surface area contributed by atoms with Gasteiger partial charge in [0.1, 0.15) is 0 Å². The van der Waals surface area contributed by atoms with Crippen molar-refractivity contribution in [3.63, 3.8) is 0 Å². The van der Waals surface area contributed by atoms with Crippen molar-refractivity contribution in [3.8, 4) is 5.75 Å². The minimum atomic E-state index is -1.01. The molecular weight excluding hydrogens is 209 g/mol. The first kappa shape index (κ1) is 10.9. The average Bonchev–Trinajstić information content (AvgIpc) is 2.71. The van der Waals surface area contributed by atoms with E-state index >= 15 is 0 Å². The van der Waals surface area contributed by atoms with Crippen LogP contribution in [0.1, 0.15) is 25.7 Å². The number of rotatable bonds is 3. The first-order chi connectivity index (χ1) is 7.64. The molecule has 0 radical (unpaired) electrons. The van der Waals surface area contributed by atoms with Gasteiger partial charge in [-0.2, -0.15) is 0 Å². The Labute approximate surface area is 93.4 Å². The number of amides is 1. The molecular formula is C12H14FNO2. The van der Waals surface area contributed by atoms with Crippen molar-refractivity contribution in [2.45, 2.75) is 31.3 Å². The van der Waals surface area contributed by atoms with Crippen LogP contribution in [0.25, 0.3) is 0 Å². The lowest BCUT2D eigenvalue weighted by Crippen LogP contribution is -2.46. The zero-order chi connectivity index (χ0) is 11.6. The summed E-state index contributed by atoms with van der Waals surface area (Å²) >= 11 is 0. The van der Waals surface area contributed by atoms with Gasteiger partial charge in [-0.3, -0.25) is 4.79 Å². The molecule has 1 saturated carbocycles. The van der Waals surface area contributed by atoms with Gasteiger partial charge in [-0.25, -0.2) is 4.39 Å². The van der Waals surface area contributed by atoms with E-state index in [0.717, 1.165) is 12.8 Å². The Hall–Kier alpha value is -1.58. The molecule has 0 aromatic heterocycles. The van der Waals surface area contributed by atoms with E-state index < -0.39 is 17.3 Å². The van der Waals surface area contributed by atoms with Crippen LogP contribution in [0.4, 0.5) is 4.39 Å². The number of ether oxygens (including phenoxy) is 1. The molecule has 1 fully saturated rings. The molecule has 0 bridgehead atoms. The fourth-order valence-electron chi connectivity index (χ4n) is 2.08. The van der Waals surface area contributed by atoms with Gasteiger partial charge in [-0.1, -0.05) is 12.1 Å². The zero-order valence-corrected chi connectivity index (χ0v) is 8.91. The summed E-state index contributed by atoms with van der Waals surface area (Å²) in [5.74, 6) is -0.869. The fraction of sp³-hybridized carbons (Fsp3) is 0.417. The normalized spacial score (nSPS) is 18.3. The third-order valence-electron chi connectivity index (χ3n) is 3.00. The molecule has 2 N–H and O–H groups in total. The Morgan fingerprint density at radius 1 is 1.31 bits per heavy atom. The largest absolute Gasteiger partial charge is 0.474 e. The van der Waals surface area contributed by atoms with E-state index in [1.165, 1.54) is 12.1 Å². The van der Waals surface area contributed by atoms with Crippen LogP contribution in [-0.4, -0.2) is 11.5 Å². The van der Waals surface area contributed by atoms with Gasteiger partial charge in [0.15, 0.2) is 17.2 Å². The van der Waals surface area contributed by atoms with Gasteiger partial charge in [0.2, 0.25) is 0 Å². The number of para-hydroxylation sites is 1. The predicted octanol–water partition coefficient (Wildman–Crippen LogP) is 2.00. The molecule has 3 nitrogen and oxygen atoms in total. The van der Waals surface area contributed by atoms with E-state index in [1.807, 2.05) is 0 Å². The maximum absolute atomic E-state index is 13.4. The van der Waals surface area contributed by atoms with Crippen molar-refractivity contribution in [1.82, 2.24) is 0 Å². The Morgan fingerprint density at radius 3 is 2.50 bits per heavy atom. The van der Waals surface area contributed by atoms with Crippen LogP contribution in [0.2, 0.25) is 0 Å². The number of hydrogen-bond donors (Lipinski definition) is 1. The summed E-state index contributed by atoms with van der Waals surface area (Å²) in [7, 11) is 0. The summed E-state index contributed by atoms with van der Waals surface area (Å²) in [6.07, 6.45) is 2.90. The van der Waals surface area contributed by atoms with Crippen LogP contribution in [-0.2, 0) is 4.79 Å². The maximum atomic E-state index is 13.4. The molecule has 4 heteroatoms. The number of hydrogen-bond acceptors (Lipinski definition) is 2. The summed E-state index contributed by atoms with van der Waals surface area (Å²) < 4.78 is 18.9. The summed E-state index contributed by atoms with van der Waals surface area (Å²) in [4.78, 5) is 11.4. The van der Waals surface area contributed by atoms with Crippen LogP contribution in [0.5, 0.6) is 5.75 Å². The maximum Gasteiger partial charge on any atom is 0.261 e. The molecule has 1 aliphatic carbocycles. The number of carbonyl (C=O) groups excluding carboxylic acids is 1. The van der Waals surface area contributed by atoms with Crippen LogP contribution < -0.4 is 10.5 Å². The fourth-order valence-corrected chi connectivity index (χ4v) is 2.08. The van der Waals surface area contributed by atoms with Gasteiger partial charge in [0.25, 0.3) is 5.91 Å². The van der Waals surface area contributed by atoms with E-state index in [2.05, 4.69) is 0 Å². The zero-order valence-electron chi connectivity index (χ0n) is 8.91. The average molecular weight is 223 g/mol. The van der Waals surface area contributed by atoms with Gasteiger partial charge >= 0.3 is 0 Å². The smallest absolute Gasteiger partial charge is 0.261 e. The highest BCUT2D eigenvalue weighted by Gasteiger charge is 2.42. The SMILES string of the molecule is NC(=O)C1(Oc2ccccc2F)CCCC1. The molecule has 0 saturated heterocycles. The van der Waals surface area contributed by atoms with Crippen molar-refractivity contribution in [2.75, 3.05) is 0 Å². The van der Waals surface area contributed by atoms with E-state index in [1.54, 1.807) is 12.1 Å². The lowest BCUT2D eigenvalue weighted by atomic mass is 10.0. The topological polar surface area (TPSA) is 52.3 Å².